The van der Waals surface area contributed by atoms with E-state index in [4.69, 9.17) is 21.4 Å². The van der Waals surface area contributed by atoms with E-state index in [9.17, 15) is 14.0 Å². The molecule has 1 heterocycles. The third kappa shape index (κ3) is 4.67. The van der Waals surface area contributed by atoms with Gasteiger partial charge in [0, 0.05) is 22.7 Å². The number of aromatic amines is 1. The van der Waals surface area contributed by atoms with Crippen molar-refractivity contribution >= 4 is 40.1 Å². The van der Waals surface area contributed by atoms with Crippen molar-refractivity contribution in [2.75, 3.05) is 5.32 Å². The van der Waals surface area contributed by atoms with E-state index in [0.29, 0.717) is 11.3 Å². The lowest BCUT2D eigenvalue weighted by molar-refractivity contribution is -0.136. The van der Waals surface area contributed by atoms with Crippen molar-refractivity contribution in [2.24, 2.45) is 0 Å². The summed E-state index contributed by atoms with van der Waals surface area (Å²) in [6.07, 6.45) is -0.181. The molecule has 3 N–H and O–H groups in total. The van der Waals surface area contributed by atoms with Crippen molar-refractivity contribution in [3.8, 4) is 11.5 Å². The minimum atomic E-state index is -0.985. The molecule has 0 atom stereocenters. The Labute approximate surface area is 181 Å². The zero-order valence-electron chi connectivity index (χ0n) is 16.0. The maximum atomic E-state index is 14.5. The number of fused-ring (bicyclic) bond motifs is 1. The molecule has 3 aromatic carbocycles. The molecule has 0 unspecified atom stereocenters. The summed E-state index contributed by atoms with van der Waals surface area (Å²) in [5.41, 5.74) is 1.95. The molecule has 6 nitrogen and oxygen atoms in total. The van der Waals surface area contributed by atoms with E-state index in [-0.39, 0.29) is 28.6 Å². The van der Waals surface area contributed by atoms with Crippen LogP contribution in [0.4, 0.5) is 10.1 Å². The number of hydrogen-bond donors (Lipinski definition) is 3. The minimum absolute atomic E-state index is 0.0866. The Morgan fingerprint density at radius 1 is 1.03 bits per heavy atom. The van der Waals surface area contributed by atoms with Crippen molar-refractivity contribution in [1.29, 1.82) is 0 Å². The number of anilines is 1. The number of carbonyl (C=O) groups excluding carboxylic acids is 1. The van der Waals surface area contributed by atoms with Gasteiger partial charge >= 0.3 is 5.97 Å². The Morgan fingerprint density at radius 2 is 1.81 bits per heavy atom. The molecule has 31 heavy (non-hydrogen) atoms. The number of nitrogens with one attached hydrogen (secondary N) is 2. The predicted molar refractivity (Wildman–Crippen MR) is 116 cm³/mol. The second-order valence-corrected chi connectivity index (χ2v) is 7.21. The van der Waals surface area contributed by atoms with E-state index in [2.05, 4.69) is 10.3 Å². The van der Waals surface area contributed by atoms with Crippen LogP contribution in [0, 0.1) is 5.82 Å². The summed E-state index contributed by atoms with van der Waals surface area (Å²) in [6, 6.07) is 17.7. The van der Waals surface area contributed by atoms with Crippen LogP contribution < -0.4 is 10.1 Å². The van der Waals surface area contributed by atoms with Crippen molar-refractivity contribution in [3.63, 3.8) is 0 Å². The van der Waals surface area contributed by atoms with Gasteiger partial charge in [0.05, 0.1) is 11.4 Å². The van der Waals surface area contributed by atoms with Crippen LogP contribution in [0.15, 0.2) is 66.7 Å². The molecule has 0 aliphatic carbocycles. The Hall–Kier alpha value is -3.84. The predicted octanol–water partition coefficient (Wildman–Crippen LogP) is 5.63. The van der Waals surface area contributed by atoms with Crippen LogP contribution in [0.25, 0.3) is 10.9 Å². The highest BCUT2D eigenvalue weighted by molar-refractivity contribution is 6.32. The highest BCUT2D eigenvalue weighted by atomic mass is 35.5. The molecule has 0 saturated carbocycles. The first-order valence-electron chi connectivity index (χ1n) is 9.26. The molecule has 4 rings (SSSR count). The van der Waals surface area contributed by atoms with Gasteiger partial charge in [-0.15, -0.1) is 0 Å². The van der Waals surface area contributed by atoms with E-state index in [0.717, 1.165) is 17.0 Å². The standard InChI is InChI=1S/C23H16ClFN2O4/c24-16-9-13(10-22(28)29)5-7-20(16)31-21-8-6-15(12-17(21)25)26-23(30)19-11-14-3-1-2-4-18(14)27-19/h1-9,11-12,27H,10H2,(H,26,30)(H,28,29). The third-order valence-electron chi connectivity index (χ3n) is 4.54. The molecular weight excluding hydrogens is 423 g/mol. The van der Waals surface area contributed by atoms with Gasteiger partial charge in [-0.05, 0) is 42.0 Å². The van der Waals surface area contributed by atoms with Gasteiger partial charge in [-0.3, -0.25) is 9.59 Å². The lowest BCUT2D eigenvalue weighted by Crippen LogP contribution is -2.12. The number of aliphatic carboxylic acids is 1. The molecule has 0 saturated heterocycles. The highest BCUT2D eigenvalue weighted by Crippen LogP contribution is 2.32. The van der Waals surface area contributed by atoms with Gasteiger partial charge in [0.25, 0.3) is 5.91 Å². The average molecular weight is 439 g/mol. The Kier molecular flexibility index (Phi) is 5.60. The second kappa shape index (κ2) is 8.49. The topological polar surface area (TPSA) is 91.4 Å². The lowest BCUT2D eigenvalue weighted by Gasteiger charge is -2.11. The number of halogens is 2. The Balaban J connectivity index is 1.48. The van der Waals surface area contributed by atoms with E-state index in [1.807, 2.05) is 24.3 Å². The summed E-state index contributed by atoms with van der Waals surface area (Å²) in [4.78, 5) is 26.3. The highest BCUT2D eigenvalue weighted by Gasteiger charge is 2.13. The molecule has 4 aromatic rings. The number of rotatable bonds is 6. The zero-order chi connectivity index (χ0) is 22.0. The van der Waals surface area contributed by atoms with Gasteiger partial charge in [-0.25, -0.2) is 4.39 Å². The van der Waals surface area contributed by atoms with Crippen molar-refractivity contribution < 1.29 is 23.8 Å². The maximum Gasteiger partial charge on any atom is 0.307 e. The van der Waals surface area contributed by atoms with Gasteiger partial charge in [0.1, 0.15) is 11.4 Å². The normalized spacial score (nSPS) is 10.8. The average Bonchev–Trinajstić information content (AvgIpc) is 3.16. The number of benzene rings is 3. The monoisotopic (exact) mass is 438 g/mol. The fourth-order valence-corrected chi connectivity index (χ4v) is 3.33. The van der Waals surface area contributed by atoms with Crippen LogP contribution in [0.1, 0.15) is 16.1 Å². The second-order valence-electron chi connectivity index (χ2n) is 6.81. The molecule has 0 aliphatic heterocycles. The minimum Gasteiger partial charge on any atom is -0.481 e. The fourth-order valence-electron chi connectivity index (χ4n) is 3.09. The lowest BCUT2D eigenvalue weighted by atomic mass is 10.1. The van der Waals surface area contributed by atoms with Crippen LogP contribution >= 0.6 is 11.6 Å². The maximum absolute atomic E-state index is 14.5. The van der Waals surface area contributed by atoms with Gasteiger partial charge in [-0.1, -0.05) is 35.9 Å². The summed E-state index contributed by atoms with van der Waals surface area (Å²) in [7, 11) is 0. The molecule has 1 aromatic heterocycles. The number of hydrogen-bond acceptors (Lipinski definition) is 3. The van der Waals surface area contributed by atoms with Crippen LogP contribution in [-0.2, 0) is 11.2 Å². The quantitative estimate of drug-likeness (QED) is 0.363. The number of carbonyl (C=O) groups is 2. The van der Waals surface area contributed by atoms with Crippen LogP contribution in [0.2, 0.25) is 5.02 Å². The van der Waals surface area contributed by atoms with Crippen molar-refractivity contribution in [2.45, 2.75) is 6.42 Å². The van der Waals surface area contributed by atoms with E-state index < -0.39 is 17.7 Å². The zero-order valence-corrected chi connectivity index (χ0v) is 16.7. The molecule has 0 fully saturated rings. The summed E-state index contributed by atoms with van der Waals surface area (Å²) >= 11 is 6.12. The summed E-state index contributed by atoms with van der Waals surface area (Å²) in [5.74, 6) is -1.98. The SMILES string of the molecule is O=C(O)Cc1ccc(Oc2ccc(NC(=O)c3cc4ccccc4[nH]3)cc2F)c(Cl)c1. The smallest absolute Gasteiger partial charge is 0.307 e. The number of carboxylic acids is 1. The molecule has 0 bridgehead atoms. The number of ether oxygens (including phenoxy) is 1. The van der Waals surface area contributed by atoms with Gasteiger partial charge in [0.2, 0.25) is 0 Å². The fraction of sp³-hybridized carbons (Fsp3) is 0.0435. The number of para-hydroxylation sites is 1. The number of carboxylic acid groups (broad SMARTS) is 1. The molecule has 156 valence electrons. The molecule has 0 spiro atoms. The van der Waals surface area contributed by atoms with Crippen molar-refractivity contribution in [3.05, 3.63) is 88.8 Å². The van der Waals surface area contributed by atoms with Crippen LogP contribution in [0.5, 0.6) is 11.5 Å². The largest absolute Gasteiger partial charge is 0.481 e. The molecule has 0 radical (unpaired) electrons. The summed E-state index contributed by atoms with van der Waals surface area (Å²) < 4.78 is 20.0. The van der Waals surface area contributed by atoms with Crippen LogP contribution in [-0.4, -0.2) is 22.0 Å². The molecular formula is C23H16ClFN2O4. The number of aromatic nitrogens is 1. The first-order chi connectivity index (χ1) is 14.9. The van der Waals surface area contributed by atoms with Gasteiger partial charge in [0.15, 0.2) is 11.6 Å². The third-order valence-corrected chi connectivity index (χ3v) is 4.83. The summed E-state index contributed by atoms with van der Waals surface area (Å²) in [5, 5.41) is 12.5. The van der Waals surface area contributed by atoms with E-state index in [1.54, 1.807) is 12.1 Å². The van der Waals surface area contributed by atoms with E-state index >= 15 is 0 Å². The number of amides is 1. The van der Waals surface area contributed by atoms with Crippen LogP contribution in [0.3, 0.4) is 0 Å². The van der Waals surface area contributed by atoms with E-state index in [1.165, 1.54) is 24.3 Å². The molecule has 1 amide bonds. The van der Waals surface area contributed by atoms with Crippen molar-refractivity contribution in [1.82, 2.24) is 4.98 Å². The van der Waals surface area contributed by atoms with Gasteiger partial charge < -0.3 is 20.1 Å². The first-order valence-corrected chi connectivity index (χ1v) is 9.63. The first kappa shape index (κ1) is 20.4. The van der Waals surface area contributed by atoms with Gasteiger partial charge in [-0.2, -0.15) is 0 Å². The molecule has 0 aliphatic rings. The molecule has 8 heteroatoms. The Morgan fingerprint density at radius 3 is 2.52 bits per heavy atom. The Bertz CT molecular complexity index is 1270. The summed E-state index contributed by atoms with van der Waals surface area (Å²) in [6.45, 7) is 0. The number of H-pyrrole nitrogens is 1.